The van der Waals surface area contributed by atoms with E-state index in [0.29, 0.717) is 0 Å². The Labute approximate surface area is 123 Å². The molecule has 0 saturated carbocycles. The van der Waals surface area contributed by atoms with Gasteiger partial charge in [-0.05, 0) is 0 Å². The zero-order valence-corrected chi connectivity index (χ0v) is 13.5. The Hall–Kier alpha value is -0.330. The summed E-state index contributed by atoms with van der Waals surface area (Å²) < 4.78 is 2.28. The first kappa shape index (κ1) is 13.1. The maximum atomic E-state index is 6.00. The third-order valence-corrected chi connectivity index (χ3v) is 5.36. The molecule has 2 rings (SSSR count). The van der Waals surface area contributed by atoms with Gasteiger partial charge in [0.1, 0.15) is 0 Å². The van der Waals surface area contributed by atoms with E-state index < -0.39 is 19.8 Å². The van der Waals surface area contributed by atoms with Crippen molar-refractivity contribution in [1.82, 2.24) is 0 Å². The maximum absolute atomic E-state index is 6.00. The van der Waals surface area contributed by atoms with Crippen molar-refractivity contribution in [3.8, 4) is 0 Å². The normalized spacial score (nSPS) is 10.9. The molecule has 2 aromatic carbocycles. The summed E-state index contributed by atoms with van der Waals surface area (Å²) in [5.41, 5.74) is 2.06. The summed E-state index contributed by atoms with van der Waals surface area (Å²) in [5.74, 6) is 0. The van der Waals surface area contributed by atoms with Gasteiger partial charge < -0.3 is 0 Å². The predicted octanol–water partition coefficient (Wildman–Crippen LogP) is 3.68. The van der Waals surface area contributed by atoms with Crippen LogP contribution < -0.4 is 3.61 Å². The van der Waals surface area contributed by atoms with E-state index in [1.165, 1.54) is 3.61 Å². The SMILES string of the molecule is Cl[Te]c1ccccc1C=Nc1ccc(Br)cc1. The van der Waals surface area contributed by atoms with Crippen molar-refractivity contribution in [2.75, 3.05) is 0 Å². The molecule has 17 heavy (non-hydrogen) atoms. The Kier molecular flexibility index (Phi) is 5.06. The van der Waals surface area contributed by atoms with Crippen molar-refractivity contribution in [2.24, 2.45) is 4.99 Å². The standard InChI is InChI=1S/C13H9BrClNTe/c14-11-5-7-12(8-6-11)16-9-10-3-1-2-4-13(10)17-15/h1-9H. The minimum absolute atomic E-state index is 0.596. The topological polar surface area (TPSA) is 12.4 Å². The van der Waals surface area contributed by atoms with E-state index >= 15 is 0 Å². The number of aliphatic imine (C=N–C) groups is 1. The van der Waals surface area contributed by atoms with Crippen molar-refractivity contribution >= 4 is 60.2 Å². The van der Waals surface area contributed by atoms with Crippen LogP contribution in [0, 0.1) is 0 Å². The van der Waals surface area contributed by atoms with E-state index in [1.807, 2.05) is 48.7 Å². The molecule has 1 nitrogen and oxygen atoms in total. The van der Waals surface area contributed by atoms with Gasteiger partial charge in [-0.15, -0.1) is 0 Å². The van der Waals surface area contributed by atoms with Crippen LogP contribution in [-0.2, 0) is 0 Å². The molecular formula is C13H9BrClNTe. The van der Waals surface area contributed by atoms with Gasteiger partial charge >= 0.3 is 124 Å². The van der Waals surface area contributed by atoms with Gasteiger partial charge in [-0.3, -0.25) is 0 Å². The number of benzene rings is 2. The van der Waals surface area contributed by atoms with Gasteiger partial charge in [-0.2, -0.15) is 0 Å². The summed E-state index contributed by atoms with van der Waals surface area (Å²) in [6.45, 7) is 0. The van der Waals surface area contributed by atoms with Crippen LogP contribution in [0.4, 0.5) is 5.69 Å². The summed E-state index contributed by atoms with van der Waals surface area (Å²) in [6, 6.07) is 16.0. The van der Waals surface area contributed by atoms with E-state index in [4.69, 9.17) is 8.96 Å². The van der Waals surface area contributed by atoms with Crippen LogP contribution in [0.1, 0.15) is 5.56 Å². The van der Waals surface area contributed by atoms with Crippen molar-refractivity contribution in [3.05, 3.63) is 58.6 Å². The molecule has 0 fully saturated rings. The van der Waals surface area contributed by atoms with Crippen molar-refractivity contribution in [1.29, 1.82) is 0 Å². The second-order valence-corrected chi connectivity index (χ2v) is 7.00. The number of hydrogen-bond acceptors (Lipinski definition) is 1. The Morgan fingerprint density at radius 3 is 2.47 bits per heavy atom. The molecule has 0 aliphatic carbocycles. The van der Waals surface area contributed by atoms with Crippen LogP contribution in [0.25, 0.3) is 0 Å². The summed E-state index contributed by atoms with van der Waals surface area (Å²) in [6.07, 6.45) is 1.88. The molecule has 0 aliphatic rings. The molecule has 0 amide bonds. The second kappa shape index (κ2) is 6.56. The molecule has 0 bridgehead atoms. The van der Waals surface area contributed by atoms with E-state index in [-0.39, 0.29) is 0 Å². The van der Waals surface area contributed by atoms with E-state index in [2.05, 4.69) is 27.0 Å². The predicted molar refractivity (Wildman–Crippen MR) is 79.1 cm³/mol. The van der Waals surface area contributed by atoms with Crippen LogP contribution in [0.15, 0.2) is 58.0 Å². The summed E-state index contributed by atoms with van der Waals surface area (Å²) in [4.78, 5) is 4.44. The third kappa shape index (κ3) is 3.82. The first-order valence-corrected chi connectivity index (χ1v) is 9.88. The van der Waals surface area contributed by atoms with E-state index in [1.54, 1.807) is 0 Å². The third-order valence-electron chi connectivity index (χ3n) is 2.18. The molecule has 0 aliphatic heterocycles. The molecule has 0 spiro atoms. The van der Waals surface area contributed by atoms with Crippen LogP contribution in [0.2, 0.25) is 0 Å². The monoisotopic (exact) mass is 423 g/mol. The molecule has 2 aromatic rings. The molecule has 0 unspecified atom stereocenters. The Morgan fingerprint density at radius 2 is 1.76 bits per heavy atom. The van der Waals surface area contributed by atoms with Gasteiger partial charge in [-0.1, -0.05) is 0 Å². The van der Waals surface area contributed by atoms with E-state index in [0.717, 1.165) is 15.7 Å². The first-order chi connectivity index (χ1) is 8.29. The van der Waals surface area contributed by atoms with Crippen LogP contribution >= 0.6 is 24.9 Å². The average Bonchev–Trinajstić information content (AvgIpc) is 2.38. The van der Waals surface area contributed by atoms with Crippen molar-refractivity contribution in [2.45, 2.75) is 0 Å². The van der Waals surface area contributed by atoms with Crippen molar-refractivity contribution < 1.29 is 0 Å². The molecule has 4 heteroatoms. The van der Waals surface area contributed by atoms with Gasteiger partial charge in [0.15, 0.2) is 0 Å². The fraction of sp³-hybridized carbons (Fsp3) is 0. The van der Waals surface area contributed by atoms with Gasteiger partial charge in [0, 0.05) is 0 Å². The van der Waals surface area contributed by atoms with Crippen molar-refractivity contribution in [3.63, 3.8) is 0 Å². The molecule has 0 atom stereocenters. The van der Waals surface area contributed by atoms with E-state index in [9.17, 15) is 0 Å². The van der Waals surface area contributed by atoms with Gasteiger partial charge in [0.05, 0.1) is 0 Å². The first-order valence-electron chi connectivity index (χ1n) is 4.97. The molecule has 0 heterocycles. The van der Waals surface area contributed by atoms with Gasteiger partial charge in [-0.25, -0.2) is 0 Å². The summed E-state index contributed by atoms with van der Waals surface area (Å²) >= 11 is 2.80. The quantitative estimate of drug-likeness (QED) is 0.529. The summed E-state index contributed by atoms with van der Waals surface area (Å²) in [5, 5.41) is 0. The molecule has 0 N–H and O–H groups in total. The second-order valence-electron chi connectivity index (χ2n) is 3.35. The molecule has 0 radical (unpaired) electrons. The van der Waals surface area contributed by atoms with Crippen LogP contribution in [0.5, 0.6) is 0 Å². The molecule has 0 saturated heterocycles. The fourth-order valence-corrected chi connectivity index (χ4v) is 3.51. The fourth-order valence-electron chi connectivity index (χ4n) is 1.33. The average molecular weight is 422 g/mol. The summed E-state index contributed by atoms with van der Waals surface area (Å²) in [7, 11) is 6.00. The van der Waals surface area contributed by atoms with Gasteiger partial charge in [0.25, 0.3) is 0 Å². The number of nitrogens with zero attached hydrogens (tertiary/aromatic N) is 1. The number of halogens is 2. The van der Waals surface area contributed by atoms with Crippen LogP contribution in [0.3, 0.4) is 0 Å². The number of hydrogen-bond donors (Lipinski definition) is 0. The molecular weight excluding hydrogens is 413 g/mol. The Morgan fingerprint density at radius 1 is 1.06 bits per heavy atom. The Balaban J connectivity index is 2.22. The van der Waals surface area contributed by atoms with Gasteiger partial charge in [0.2, 0.25) is 0 Å². The Bertz CT molecular complexity index is 525. The zero-order valence-electron chi connectivity index (χ0n) is 8.81. The van der Waals surface area contributed by atoms with Crippen LogP contribution in [-0.4, -0.2) is 26.0 Å². The molecule has 0 aromatic heterocycles. The number of rotatable bonds is 3. The molecule has 86 valence electrons. The minimum atomic E-state index is -0.596. The zero-order chi connectivity index (χ0) is 12.1.